The number of carbonyl (C=O) groups is 2. The maximum atomic E-state index is 11.4. The molecular formula is C11H21NO4. The molecule has 0 unspecified atom stereocenters. The van der Waals surface area contributed by atoms with Crippen LogP contribution in [0, 0.1) is 5.92 Å². The number of carbonyl (C=O) groups excluding carboxylic acids is 1. The summed E-state index contributed by atoms with van der Waals surface area (Å²) in [6.45, 7) is 7.56. The van der Waals surface area contributed by atoms with Crippen LogP contribution in [-0.4, -0.2) is 29.3 Å². The van der Waals surface area contributed by atoms with Crippen molar-refractivity contribution in [3.63, 3.8) is 0 Å². The summed E-state index contributed by atoms with van der Waals surface area (Å²) in [5, 5.41) is 11.5. The highest BCUT2D eigenvalue weighted by Gasteiger charge is 2.36. The summed E-state index contributed by atoms with van der Waals surface area (Å²) >= 11 is 0. The number of amides is 1. The fourth-order valence-corrected chi connectivity index (χ4v) is 1.26. The molecule has 0 aliphatic rings. The van der Waals surface area contributed by atoms with Gasteiger partial charge in [-0.1, -0.05) is 27.7 Å². The Balaban J connectivity index is 4.41. The molecule has 0 radical (unpaired) electrons. The molecule has 5 heteroatoms. The van der Waals surface area contributed by atoms with Gasteiger partial charge in [-0.3, -0.25) is 0 Å². The Bertz CT molecular complexity index is 246. The van der Waals surface area contributed by atoms with Crippen molar-refractivity contribution in [3.8, 4) is 0 Å². The summed E-state index contributed by atoms with van der Waals surface area (Å²) < 4.78 is 4.90. The molecule has 0 atom stereocenters. The molecule has 0 aliphatic heterocycles. The van der Waals surface area contributed by atoms with E-state index < -0.39 is 17.6 Å². The first-order valence-electron chi connectivity index (χ1n) is 5.56. The topological polar surface area (TPSA) is 75.6 Å². The van der Waals surface area contributed by atoms with Crippen molar-refractivity contribution in [2.75, 3.05) is 6.61 Å². The molecule has 0 fully saturated rings. The van der Waals surface area contributed by atoms with Crippen molar-refractivity contribution in [1.82, 2.24) is 5.32 Å². The van der Waals surface area contributed by atoms with Crippen LogP contribution in [0.3, 0.4) is 0 Å². The van der Waals surface area contributed by atoms with Crippen LogP contribution in [0.15, 0.2) is 0 Å². The molecule has 16 heavy (non-hydrogen) atoms. The Hall–Kier alpha value is -1.26. The highest BCUT2D eigenvalue weighted by Crippen LogP contribution is 2.15. The molecule has 5 nitrogen and oxygen atoms in total. The van der Waals surface area contributed by atoms with E-state index in [-0.39, 0.29) is 12.5 Å². The van der Waals surface area contributed by atoms with Gasteiger partial charge in [0.1, 0.15) is 5.54 Å². The molecule has 1 amide bonds. The fourth-order valence-electron chi connectivity index (χ4n) is 1.26. The van der Waals surface area contributed by atoms with E-state index >= 15 is 0 Å². The lowest BCUT2D eigenvalue weighted by molar-refractivity contribution is -0.145. The van der Waals surface area contributed by atoms with Crippen molar-refractivity contribution in [3.05, 3.63) is 0 Å². The maximum absolute atomic E-state index is 11.4. The number of aliphatic carboxylic acids is 1. The van der Waals surface area contributed by atoms with Crippen LogP contribution in [0.4, 0.5) is 4.79 Å². The molecular weight excluding hydrogens is 210 g/mol. The number of carboxylic acids is 1. The molecule has 0 saturated heterocycles. The van der Waals surface area contributed by atoms with Gasteiger partial charge in [0.15, 0.2) is 0 Å². The zero-order chi connectivity index (χ0) is 12.8. The maximum Gasteiger partial charge on any atom is 0.408 e. The van der Waals surface area contributed by atoms with Gasteiger partial charge in [-0.05, 0) is 18.8 Å². The third kappa shape index (κ3) is 4.08. The number of hydrogen-bond donors (Lipinski definition) is 2. The van der Waals surface area contributed by atoms with E-state index in [0.717, 1.165) is 0 Å². The Kier molecular flexibility index (Phi) is 5.85. The average molecular weight is 231 g/mol. The molecule has 0 aliphatic carbocycles. The number of ether oxygens (including phenoxy) is 1. The first kappa shape index (κ1) is 14.7. The zero-order valence-corrected chi connectivity index (χ0v) is 10.4. The summed E-state index contributed by atoms with van der Waals surface area (Å²) in [6.07, 6.45) is -0.00889. The second-order valence-corrected chi connectivity index (χ2v) is 4.21. The van der Waals surface area contributed by atoms with Crippen molar-refractivity contribution < 1.29 is 19.4 Å². The molecule has 94 valence electrons. The van der Waals surface area contributed by atoms with E-state index in [1.165, 1.54) is 0 Å². The quantitative estimate of drug-likeness (QED) is 0.733. The van der Waals surface area contributed by atoms with E-state index in [1.807, 2.05) is 13.8 Å². The van der Waals surface area contributed by atoms with E-state index in [2.05, 4.69) is 5.32 Å². The summed E-state index contributed by atoms with van der Waals surface area (Å²) in [5.74, 6) is -0.799. The average Bonchev–Trinajstić information content (AvgIpc) is 2.22. The van der Waals surface area contributed by atoms with E-state index in [0.29, 0.717) is 12.8 Å². The van der Waals surface area contributed by atoms with Crippen LogP contribution in [0.1, 0.15) is 40.5 Å². The second-order valence-electron chi connectivity index (χ2n) is 4.21. The number of carboxylic acid groups (broad SMARTS) is 1. The van der Waals surface area contributed by atoms with Crippen LogP contribution >= 0.6 is 0 Å². The summed E-state index contributed by atoms with van der Waals surface area (Å²) in [6, 6.07) is 0. The Morgan fingerprint density at radius 1 is 1.31 bits per heavy atom. The van der Waals surface area contributed by atoms with Gasteiger partial charge in [0.05, 0.1) is 6.61 Å². The minimum atomic E-state index is -1.21. The standard InChI is InChI=1S/C11H21NO4/c1-5-11(6-2,9(13)14)12-10(15)16-7-8(3)4/h8H,5-7H2,1-4H3,(H,12,15)(H,13,14). The highest BCUT2D eigenvalue weighted by atomic mass is 16.5. The lowest BCUT2D eigenvalue weighted by Crippen LogP contribution is -2.54. The highest BCUT2D eigenvalue weighted by molar-refractivity contribution is 5.84. The normalized spacial score (nSPS) is 11.3. The molecule has 2 N–H and O–H groups in total. The van der Waals surface area contributed by atoms with E-state index in [1.54, 1.807) is 13.8 Å². The van der Waals surface area contributed by atoms with Crippen molar-refractivity contribution in [2.24, 2.45) is 5.92 Å². The van der Waals surface area contributed by atoms with Gasteiger partial charge in [0, 0.05) is 0 Å². The van der Waals surface area contributed by atoms with Crippen LogP contribution in [0.2, 0.25) is 0 Å². The van der Waals surface area contributed by atoms with Gasteiger partial charge < -0.3 is 15.2 Å². The number of alkyl carbamates (subject to hydrolysis) is 1. The summed E-state index contributed by atoms with van der Waals surface area (Å²) in [7, 11) is 0. The van der Waals surface area contributed by atoms with Crippen molar-refractivity contribution in [2.45, 2.75) is 46.1 Å². The Morgan fingerprint density at radius 3 is 2.12 bits per heavy atom. The summed E-state index contributed by atoms with van der Waals surface area (Å²) in [4.78, 5) is 22.5. The third-order valence-corrected chi connectivity index (χ3v) is 2.51. The number of rotatable bonds is 6. The van der Waals surface area contributed by atoms with E-state index in [9.17, 15) is 9.59 Å². The van der Waals surface area contributed by atoms with Gasteiger partial charge in [-0.15, -0.1) is 0 Å². The number of nitrogens with one attached hydrogen (secondary N) is 1. The monoisotopic (exact) mass is 231 g/mol. The van der Waals surface area contributed by atoms with Gasteiger partial charge in [0.25, 0.3) is 0 Å². The smallest absolute Gasteiger partial charge is 0.408 e. The van der Waals surface area contributed by atoms with E-state index in [4.69, 9.17) is 9.84 Å². The van der Waals surface area contributed by atoms with Crippen molar-refractivity contribution >= 4 is 12.1 Å². The SMILES string of the molecule is CCC(CC)(NC(=O)OCC(C)C)C(=O)O. The van der Waals surface area contributed by atoms with Crippen LogP contribution < -0.4 is 5.32 Å². The molecule has 0 heterocycles. The van der Waals surface area contributed by atoms with Crippen molar-refractivity contribution in [1.29, 1.82) is 0 Å². The lowest BCUT2D eigenvalue weighted by atomic mass is 9.93. The van der Waals surface area contributed by atoms with Crippen LogP contribution in [0.5, 0.6) is 0 Å². The lowest BCUT2D eigenvalue weighted by Gasteiger charge is -2.27. The van der Waals surface area contributed by atoms with Gasteiger partial charge >= 0.3 is 12.1 Å². The largest absolute Gasteiger partial charge is 0.480 e. The third-order valence-electron chi connectivity index (χ3n) is 2.51. The van der Waals surface area contributed by atoms with Gasteiger partial charge in [-0.25, -0.2) is 9.59 Å². The molecule has 0 saturated carbocycles. The van der Waals surface area contributed by atoms with Crippen LogP contribution in [-0.2, 0) is 9.53 Å². The van der Waals surface area contributed by atoms with Gasteiger partial charge in [-0.2, -0.15) is 0 Å². The molecule has 0 aromatic rings. The first-order valence-corrected chi connectivity index (χ1v) is 5.56. The minimum Gasteiger partial charge on any atom is -0.480 e. The predicted octanol–water partition coefficient (Wildman–Crippen LogP) is 2.01. The fraction of sp³-hybridized carbons (Fsp3) is 0.818. The molecule has 0 aromatic heterocycles. The second kappa shape index (κ2) is 6.35. The first-order chi connectivity index (χ1) is 7.38. The molecule has 0 aromatic carbocycles. The zero-order valence-electron chi connectivity index (χ0n) is 10.4. The minimum absolute atomic E-state index is 0.230. The molecule has 0 bridgehead atoms. The predicted molar refractivity (Wildman–Crippen MR) is 60.3 cm³/mol. The Labute approximate surface area is 96.2 Å². The number of hydrogen-bond acceptors (Lipinski definition) is 3. The van der Waals surface area contributed by atoms with Gasteiger partial charge in [0.2, 0.25) is 0 Å². The molecule has 0 spiro atoms. The Morgan fingerprint density at radius 2 is 1.81 bits per heavy atom. The molecule has 0 rings (SSSR count). The van der Waals surface area contributed by atoms with Crippen LogP contribution in [0.25, 0.3) is 0 Å². The summed E-state index contributed by atoms with van der Waals surface area (Å²) in [5.41, 5.74) is -1.21.